The standard InChI is InChI=1S/C10H11NO3.ClH/c12-10(13)8-3-6-14-9(8)7-1-4-11-5-2-7;/h1-2,4-5,8-9H,3,6H2,(H,12,13);1H. The number of carbonyl (C=O) groups is 1. The van der Waals surface area contributed by atoms with Crippen LogP contribution in [0, 0.1) is 5.92 Å². The minimum absolute atomic E-state index is 0. The molecule has 2 heterocycles. The first-order valence-corrected chi connectivity index (χ1v) is 4.53. The van der Waals surface area contributed by atoms with Crippen LogP contribution < -0.4 is 0 Å². The molecule has 82 valence electrons. The van der Waals surface area contributed by atoms with Crippen molar-refractivity contribution < 1.29 is 14.6 Å². The lowest BCUT2D eigenvalue weighted by Crippen LogP contribution is -2.17. The molecule has 1 aliphatic heterocycles. The fourth-order valence-electron chi connectivity index (χ4n) is 1.72. The van der Waals surface area contributed by atoms with Crippen molar-refractivity contribution >= 4 is 18.4 Å². The molecule has 1 fully saturated rings. The Balaban J connectivity index is 0.00000112. The summed E-state index contributed by atoms with van der Waals surface area (Å²) in [5.74, 6) is -1.21. The van der Waals surface area contributed by atoms with E-state index in [-0.39, 0.29) is 18.5 Å². The number of hydrogen-bond donors (Lipinski definition) is 1. The van der Waals surface area contributed by atoms with E-state index in [1.54, 1.807) is 24.5 Å². The molecule has 2 atom stereocenters. The molecule has 4 nitrogen and oxygen atoms in total. The minimum Gasteiger partial charge on any atom is -0.481 e. The minimum atomic E-state index is -0.788. The highest BCUT2D eigenvalue weighted by Gasteiger charge is 2.34. The smallest absolute Gasteiger partial charge is 0.309 e. The van der Waals surface area contributed by atoms with Crippen molar-refractivity contribution in [1.82, 2.24) is 4.98 Å². The van der Waals surface area contributed by atoms with Crippen LogP contribution in [0.2, 0.25) is 0 Å². The molecule has 0 aromatic carbocycles. The fourth-order valence-corrected chi connectivity index (χ4v) is 1.72. The van der Waals surface area contributed by atoms with Gasteiger partial charge in [0.05, 0.1) is 12.0 Å². The largest absolute Gasteiger partial charge is 0.481 e. The first-order valence-electron chi connectivity index (χ1n) is 4.53. The molecule has 0 spiro atoms. The zero-order valence-electron chi connectivity index (χ0n) is 8.00. The van der Waals surface area contributed by atoms with E-state index < -0.39 is 11.9 Å². The summed E-state index contributed by atoms with van der Waals surface area (Å²) < 4.78 is 5.40. The molecule has 15 heavy (non-hydrogen) atoms. The van der Waals surface area contributed by atoms with Gasteiger partial charge in [-0.3, -0.25) is 9.78 Å². The van der Waals surface area contributed by atoms with Crippen molar-refractivity contribution in [2.45, 2.75) is 12.5 Å². The summed E-state index contributed by atoms with van der Waals surface area (Å²) in [5.41, 5.74) is 0.893. The Hall–Kier alpha value is -1.13. The average Bonchev–Trinajstić information content (AvgIpc) is 2.67. The third-order valence-electron chi connectivity index (χ3n) is 2.44. The summed E-state index contributed by atoms with van der Waals surface area (Å²) in [5, 5.41) is 8.95. The lowest BCUT2D eigenvalue weighted by atomic mass is 9.96. The van der Waals surface area contributed by atoms with Crippen LogP contribution in [-0.2, 0) is 9.53 Å². The van der Waals surface area contributed by atoms with E-state index in [1.165, 1.54) is 0 Å². The Labute approximate surface area is 93.7 Å². The number of ether oxygens (including phenoxy) is 1. The third-order valence-corrected chi connectivity index (χ3v) is 2.44. The van der Waals surface area contributed by atoms with Crippen LogP contribution in [0.15, 0.2) is 24.5 Å². The number of aliphatic carboxylic acids is 1. The summed E-state index contributed by atoms with van der Waals surface area (Å²) in [6.07, 6.45) is 3.57. The normalized spacial score (nSPS) is 24.5. The molecule has 0 amide bonds. The molecule has 0 aliphatic carbocycles. The van der Waals surface area contributed by atoms with Crippen molar-refractivity contribution in [3.8, 4) is 0 Å². The first kappa shape index (κ1) is 11.9. The number of rotatable bonds is 2. The first-order chi connectivity index (χ1) is 6.79. The lowest BCUT2D eigenvalue weighted by Gasteiger charge is -2.14. The number of nitrogens with zero attached hydrogens (tertiary/aromatic N) is 1. The number of pyridine rings is 1. The maximum Gasteiger partial charge on any atom is 0.309 e. The van der Waals surface area contributed by atoms with E-state index in [0.717, 1.165) is 5.56 Å². The molecule has 1 saturated heterocycles. The molecule has 1 N–H and O–H groups in total. The van der Waals surface area contributed by atoms with Gasteiger partial charge in [0.25, 0.3) is 0 Å². The zero-order chi connectivity index (χ0) is 9.97. The molecule has 1 aromatic rings. The zero-order valence-corrected chi connectivity index (χ0v) is 8.81. The van der Waals surface area contributed by atoms with Crippen molar-refractivity contribution in [3.63, 3.8) is 0 Å². The van der Waals surface area contributed by atoms with Crippen LogP contribution in [0.1, 0.15) is 18.1 Å². The third kappa shape index (κ3) is 2.46. The summed E-state index contributed by atoms with van der Waals surface area (Å²) in [4.78, 5) is 14.8. The highest BCUT2D eigenvalue weighted by Crippen LogP contribution is 2.34. The molecule has 0 radical (unpaired) electrons. The Morgan fingerprint density at radius 1 is 1.47 bits per heavy atom. The van der Waals surface area contributed by atoms with Crippen LogP contribution in [0.3, 0.4) is 0 Å². The van der Waals surface area contributed by atoms with Gasteiger partial charge in [-0.1, -0.05) is 0 Å². The lowest BCUT2D eigenvalue weighted by molar-refractivity contribution is -0.143. The molecule has 0 bridgehead atoms. The Bertz CT molecular complexity index is 331. The summed E-state index contributed by atoms with van der Waals surface area (Å²) in [7, 11) is 0. The number of hydrogen-bond acceptors (Lipinski definition) is 3. The van der Waals surface area contributed by atoms with E-state index in [4.69, 9.17) is 9.84 Å². The summed E-state index contributed by atoms with van der Waals surface area (Å²) >= 11 is 0. The van der Waals surface area contributed by atoms with Crippen LogP contribution in [0.5, 0.6) is 0 Å². The molecular formula is C10H12ClNO3. The van der Waals surface area contributed by atoms with Gasteiger partial charge in [-0.2, -0.15) is 0 Å². The predicted molar refractivity (Wildman–Crippen MR) is 55.9 cm³/mol. The van der Waals surface area contributed by atoms with Crippen LogP contribution in [0.4, 0.5) is 0 Å². The van der Waals surface area contributed by atoms with Crippen molar-refractivity contribution in [2.75, 3.05) is 6.61 Å². The van der Waals surface area contributed by atoms with Gasteiger partial charge in [0.1, 0.15) is 0 Å². The Kier molecular flexibility index (Phi) is 4.05. The fraction of sp³-hybridized carbons (Fsp3) is 0.400. The highest BCUT2D eigenvalue weighted by molar-refractivity contribution is 5.85. The van der Waals surface area contributed by atoms with Gasteiger partial charge in [0.2, 0.25) is 0 Å². The second-order valence-corrected chi connectivity index (χ2v) is 3.31. The molecule has 1 aliphatic rings. The van der Waals surface area contributed by atoms with Gasteiger partial charge in [-0.05, 0) is 24.1 Å². The van der Waals surface area contributed by atoms with E-state index in [1.807, 2.05) is 0 Å². The van der Waals surface area contributed by atoms with Gasteiger partial charge in [-0.15, -0.1) is 12.4 Å². The van der Waals surface area contributed by atoms with Crippen molar-refractivity contribution in [1.29, 1.82) is 0 Å². The van der Waals surface area contributed by atoms with Gasteiger partial charge in [0, 0.05) is 19.0 Å². The maximum absolute atomic E-state index is 10.9. The summed E-state index contributed by atoms with van der Waals surface area (Å²) in [6, 6.07) is 3.60. The Morgan fingerprint density at radius 3 is 2.73 bits per heavy atom. The van der Waals surface area contributed by atoms with Crippen LogP contribution in [-0.4, -0.2) is 22.7 Å². The average molecular weight is 230 g/mol. The van der Waals surface area contributed by atoms with Gasteiger partial charge >= 0.3 is 5.97 Å². The number of carboxylic acids is 1. The second-order valence-electron chi connectivity index (χ2n) is 3.31. The second kappa shape index (κ2) is 5.09. The molecular weight excluding hydrogens is 218 g/mol. The quantitative estimate of drug-likeness (QED) is 0.838. The number of halogens is 1. The Morgan fingerprint density at radius 2 is 2.13 bits per heavy atom. The van der Waals surface area contributed by atoms with Crippen LogP contribution >= 0.6 is 12.4 Å². The van der Waals surface area contributed by atoms with E-state index in [0.29, 0.717) is 13.0 Å². The van der Waals surface area contributed by atoms with E-state index in [2.05, 4.69) is 4.98 Å². The predicted octanol–water partition coefficient (Wildman–Crippen LogP) is 1.67. The maximum atomic E-state index is 10.9. The summed E-state index contributed by atoms with van der Waals surface area (Å²) in [6.45, 7) is 0.518. The molecule has 2 unspecified atom stereocenters. The monoisotopic (exact) mass is 229 g/mol. The molecule has 5 heteroatoms. The van der Waals surface area contributed by atoms with Gasteiger partial charge < -0.3 is 9.84 Å². The van der Waals surface area contributed by atoms with Crippen molar-refractivity contribution in [3.05, 3.63) is 30.1 Å². The topological polar surface area (TPSA) is 59.4 Å². The molecule has 2 rings (SSSR count). The van der Waals surface area contributed by atoms with Gasteiger partial charge in [-0.25, -0.2) is 0 Å². The molecule has 0 saturated carbocycles. The molecule has 1 aromatic heterocycles. The van der Waals surface area contributed by atoms with Crippen molar-refractivity contribution in [2.24, 2.45) is 5.92 Å². The van der Waals surface area contributed by atoms with E-state index >= 15 is 0 Å². The van der Waals surface area contributed by atoms with E-state index in [9.17, 15) is 4.79 Å². The highest BCUT2D eigenvalue weighted by atomic mass is 35.5. The van der Waals surface area contributed by atoms with Crippen LogP contribution in [0.25, 0.3) is 0 Å². The van der Waals surface area contributed by atoms with Gasteiger partial charge in [0.15, 0.2) is 0 Å². The SMILES string of the molecule is Cl.O=C(O)C1CCOC1c1ccncc1. The number of aromatic nitrogens is 1. The number of carboxylic acid groups (broad SMARTS) is 1.